The second kappa shape index (κ2) is 4.23. The van der Waals surface area contributed by atoms with Gasteiger partial charge in [0.1, 0.15) is 5.82 Å². The van der Waals surface area contributed by atoms with Crippen molar-refractivity contribution in [3.63, 3.8) is 0 Å². The van der Waals surface area contributed by atoms with Gasteiger partial charge in [0.15, 0.2) is 11.6 Å². The SMILES string of the molecule is Fc1cc(F)c(F)c([C@@H]2CCCCN2)c1. The lowest BCUT2D eigenvalue weighted by molar-refractivity contribution is 0.387. The minimum atomic E-state index is -1.11. The number of benzene rings is 1. The number of hydrogen-bond acceptors (Lipinski definition) is 1. The molecular formula is C11H12F3N. The molecule has 4 heteroatoms. The van der Waals surface area contributed by atoms with Gasteiger partial charge in [0.25, 0.3) is 0 Å². The fourth-order valence-corrected chi connectivity index (χ4v) is 1.95. The molecule has 0 saturated carbocycles. The molecule has 1 heterocycles. The van der Waals surface area contributed by atoms with Gasteiger partial charge in [-0.25, -0.2) is 13.2 Å². The lowest BCUT2D eigenvalue weighted by Crippen LogP contribution is -2.27. The standard InChI is InChI=1S/C11H12F3N/c12-7-5-8(11(14)9(13)6-7)10-3-1-2-4-15-10/h5-6,10,15H,1-4H2/t10-/m0/s1. The molecule has 1 aromatic rings. The molecule has 1 N–H and O–H groups in total. The van der Waals surface area contributed by atoms with Gasteiger partial charge in [-0.05, 0) is 25.5 Å². The molecule has 15 heavy (non-hydrogen) atoms. The molecule has 0 unspecified atom stereocenters. The van der Waals surface area contributed by atoms with Gasteiger partial charge in [-0.3, -0.25) is 0 Å². The molecular weight excluding hydrogens is 203 g/mol. The second-order valence-electron chi connectivity index (χ2n) is 3.79. The summed E-state index contributed by atoms with van der Waals surface area (Å²) in [5, 5.41) is 3.06. The lowest BCUT2D eigenvalue weighted by Gasteiger charge is -2.24. The van der Waals surface area contributed by atoms with Crippen LogP contribution in [-0.4, -0.2) is 6.54 Å². The van der Waals surface area contributed by atoms with Crippen LogP contribution in [0.3, 0.4) is 0 Å². The molecule has 2 rings (SSSR count). The van der Waals surface area contributed by atoms with Crippen LogP contribution in [-0.2, 0) is 0 Å². The van der Waals surface area contributed by atoms with Crippen LogP contribution in [0, 0.1) is 17.5 Å². The van der Waals surface area contributed by atoms with Gasteiger partial charge in [-0.15, -0.1) is 0 Å². The Morgan fingerprint density at radius 3 is 2.60 bits per heavy atom. The minimum absolute atomic E-state index is 0.104. The summed E-state index contributed by atoms with van der Waals surface area (Å²) >= 11 is 0. The molecule has 82 valence electrons. The maximum atomic E-state index is 13.4. The van der Waals surface area contributed by atoms with Crippen LogP contribution >= 0.6 is 0 Å². The zero-order valence-electron chi connectivity index (χ0n) is 8.19. The van der Waals surface area contributed by atoms with E-state index < -0.39 is 17.5 Å². The van der Waals surface area contributed by atoms with Crippen molar-refractivity contribution in [3.8, 4) is 0 Å². The van der Waals surface area contributed by atoms with Gasteiger partial charge in [0.2, 0.25) is 0 Å². The summed E-state index contributed by atoms with van der Waals surface area (Å²) in [7, 11) is 0. The van der Waals surface area contributed by atoms with Crippen molar-refractivity contribution < 1.29 is 13.2 Å². The summed E-state index contributed by atoms with van der Waals surface area (Å²) in [6.45, 7) is 0.766. The molecule has 0 bridgehead atoms. The third-order valence-electron chi connectivity index (χ3n) is 2.71. The number of halogens is 3. The Hall–Kier alpha value is -1.03. The molecule has 1 nitrogen and oxygen atoms in total. The molecule has 0 aromatic heterocycles. The second-order valence-corrected chi connectivity index (χ2v) is 3.79. The van der Waals surface area contributed by atoms with Crippen LogP contribution < -0.4 is 5.32 Å². The first-order valence-electron chi connectivity index (χ1n) is 5.06. The highest BCUT2D eigenvalue weighted by atomic mass is 19.2. The summed E-state index contributed by atoms with van der Waals surface area (Å²) in [5.41, 5.74) is 0.104. The first-order chi connectivity index (χ1) is 7.18. The first kappa shape index (κ1) is 10.5. The van der Waals surface area contributed by atoms with E-state index in [9.17, 15) is 13.2 Å². The van der Waals surface area contributed by atoms with Crippen LogP contribution in [0.15, 0.2) is 12.1 Å². The zero-order chi connectivity index (χ0) is 10.8. The van der Waals surface area contributed by atoms with Crippen molar-refractivity contribution in [1.29, 1.82) is 0 Å². The Bertz CT molecular complexity index is 359. The Kier molecular flexibility index (Phi) is 2.95. The molecule has 1 aliphatic heterocycles. The summed E-state index contributed by atoms with van der Waals surface area (Å²) < 4.78 is 39.3. The molecule has 1 saturated heterocycles. The Balaban J connectivity index is 2.33. The number of rotatable bonds is 1. The van der Waals surface area contributed by atoms with E-state index in [2.05, 4.69) is 5.32 Å². The highest BCUT2D eigenvalue weighted by molar-refractivity contribution is 5.24. The normalized spacial score (nSPS) is 21.7. The molecule has 0 spiro atoms. The summed E-state index contributed by atoms with van der Waals surface area (Å²) in [5.74, 6) is -2.77. The van der Waals surface area contributed by atoms with Crippen molar-refractivity contribution in [2.75, 3.05) is 6.54 Å². The third kappa shape index (κ3) is 2.15. The van der Waals surface area contributed by atoms with E-state index in [1.54, 1.807) is 0 Å². The zero-order valence-corrected chi connectivity index (χ0v) is 8.19. The van der Waals surface area contributed by atoms with Crippen LogP contribution in [0.25, 0.3) is 0 Å². The molecule has 1 atom stereocenters. The van der Waals surface area contributed by atoms with E-state index in [1.807, 2.05) is 0 Å². The largest absolute Gasteiger partial charge is 0.310 e. The van der Waals surface area contributed by atoms with Gasteiger partial charge in [-0.1, -0.05) is 6.42 Å². The Labute approximate surface area is 86.3 Å². The number of piperidine rings is 1. The number of hydrogen-bond donors (Lipinski definition) is 1. The fourth-order valence-electron chi connectivity index (χ4n) is 1.95. The number of nitrogens with one attached hydrogen (secondary N) is 1. The van der Waals surface area contributed by atoms with Crippen molar-refractivity contribution >= 4 is 0 Å². The summed E-state index contributed by atoms with van der Waals surface area (Å²) in [6, 6.07) is 1.38. The molecule has 0 aliphatic carbocycles. The molecule has 1 aromatic carbocycles. The quantitative estimate of drug-likeness (QED) is 0.710. The van der Waals surface area contributed by atoms with E-state index in [0.717, 1.165) is 31.9 Å². The first-order valence-corrected chi connectivity index (χ1v) is 5.06. The van der Waals surface area contributed by atoms with E-state index in [0.29, 0.717) is 6.07 Å². The van der Waals surface area contributed by atoms with Crippen molar-refractivity contribution in [2.45, 2.75) is 25.3 Å². The van der Waals surface area contributed by atoms with Crippen molar-refractivity contribution in [1.82, 2.24) is 5.32 Å². The van der Waals surface area contributed by atoms with Crippen molar-refractivity contribution in [2.24, 2.45) is 0 Å². The average Bonchev–Trinajstić information content (AvgIpc) is 2.24. The smallest absolute Gasteiger partial charge is 0.163 e. The Morgan fingerprint density at radius 1 is 1.13 bits per heavy atom. The third-order valence-corrected chi connectivity index (χ3v) is 2.71. The fraction of sp³-hybridized carbons (Fsp3) is 0.455. The molecule has 1 fully saturated rings. The van der Waals surface area contributed by atoms with Crippen LogP contribution in [0.5, 0.6) is 0 Å². The monoisotopic (exact) mass is 215 g/mol. The lowest BCUT2D eigenvalue weighted by atomic mass is 9.97. The van der Waals surface area contributed by atoms with Gasteiger partial charge >= 0.3 is 0 Å². The predicted molar refractivity (Wildman–Crippen MR) is 50.9 cm³/mol. The maximum absolute atomic E-state index is 13.4. The highest BCUT2D eigenvalue weighted by Gasteiger charge is 2.21. The predicted octanol–water partition coefficient (Wildman–Crippen LogP) is 2.92. The van der Waals surface area contributed by atoms with Crippen LogP contribution in [0.1, 0.15) is 30.9 Å². The molecule has 1 aliphatic rings. The molecule has 0 amide bonds. The maximum Gasteiger partial charge on any atom is 0.163 e. The summed E-state index contributed by atoms with van der Waals surface area (Å²) in [4.78, 5) is 0. The highest BCUT2D eigenvalue weighted by Crippen LogP contribution is 2.27. The topological polar surface area (TPSA) is 12.0 Å². The van der Waals surface area contributed by atoms with Gasteiger partial charge < -0.3 is 5.32 Å². The van der Waals surface area contributed by atoms with Gasteiger partial charge in [0, 0.05) is 17.7 Å². The Morgan fingerprint density at radius 2 is 1.93 bits per heavy atom. The van der Waals surface area contributed by atoms with E-state index in [4.69, 9.17) is 0 Å². The van der Waals surface area contributed by atoms with Crippen LogP contribution in [0.4, 0.5) is 13.2 Å². The van der Waals surface area contributed by atoms with Crippen molar-refractivity contribution in [3.05, 3.63) is 35.1 Å². The average molecular weight is 215 g/mol. The van der Waals surface area contributed by atoms with E-state index in [1.165, 1.54) is 0 Å². The molecule has 0 radical (unpaired) electrons. The van der Waals surface area contributed by atoms with E-state index in [-0.39, 0.29) is 11.6 Å². The van der Waals surface area contributed by atoms with E-state index >= 15 is 0 Å². The summed E-state index contributed by atoms with van der Waals surface area (Å²) in [6.07, 6.45) is 2.70. The van der Waals surface area contributed by atoms with Gasteiger partial charge in [0.05, 0.1) is 0 Å². The van der Waals surface area contributed by atoms with Crippen LogP contribution in [0.2, 0.25) is 0 Å². The van der Waals surface area contributed by atoms with Gasteiger partial charge in [-0.2, -0.15) is 0 Å². The minimum Gasteiger partial charge on any atom is -0.310 e.